The number of esters is 1. The number of hydrogen-bond donors (Lipinski definition) is 0. The lowest BCUT2D eigenvalue weighted by Crippen LogP contribution is -2.30. The number of allylic oxidation sites excluding steroid dienone is 1. The van der Waals surface area contributed by atoms with Gasteiger partial charge in [-0.3, -0.25) is 9.69 Å². The lowest BCUT2D eigenvalue weighted by atomic mass is 10.1. The van der Waals surface area contributed by atoms with Crippen LogP contribution in [0.1, 0.15) is 35.1 Å². The van der Waals surface area contributed by atoms with Gasteiger partial charge in [-0.1, -0.05) is 64.7 Å². The number of hydrogen-bond acceptors (Lipinski definition) is 6. The summed E-state index contributed by atoms with van der Waals surface area (Å²) in [6, 6.07) is 22.1. The van der Waals surface area contributed by atoms with E-state index in [1.807, 2.05) is 26.0 Å². The van der Waals surface area contributed by atoms with Crippen molar-refractivity contribution >= 4 is 56.9 Å². The first kappa shape index (κ1) is 32.2. The fourth-order valence-electron chi connectivity index (χ4n) is 4.98. The summed E-state index contributed by atoms with van der Waals surface area (Å²) in [6.45, 7) is 5.36. The molecule has 0 bridgehead atoms. The van der Waals surface area contributed by atoms with Crippen molar-refractivity contribution in [2.24, 2.45) is 0 Å². The number of carbonyl (C=O) groups is 2. The van der Waals surface area contributed by atoms with Crippen LogP contribution >= 0.6 is 23.2 Å². The number of rotatable bonds is 9. The number of halogens is 2. The van der Waals surface area contributed by atoms with Gasteiger partial charge in [0.25, 0.3) is 5.91 Å². The molecule has 1 aliphatic heterocycles. The number of carbonyl (C=O) groups excluding carboxylic acids is 2. The Morgan fingerprint density at radius 3 is 2.16 bits per heavy atom. The molecule has 1 aliphatic rings. The van der Waals surface area contributed by atoms with Gasteiger partial charge >= 0.3 is 5.97 Å². The van der Waals surface area contributed by atoms with Gasteiger partial charge in [-0.05, 0) is 80.9 Å². The summed E-state index contributed by atoms with van der Waals surface area (Å²) in [5, 5.41) is 0.662. The highest BCUT2D eigenvalue weighted by Crippen LogP contribution is 2.36. The van der Waals surface area contributed by atoms with E-state index in [0.29, 0.717) is 32.8 Å². The molecule has 0 saturated heterocycles. The Labute approximate surface area is 272 Å². The predicted octanol–water partition coefficient (Wildman–Crippen LogP) is 7.47. The molecule has 0 unspecified atom stereocenters. The van der Waals surface area contributed by atoms with Crippen molar-refractivity contribution in [3.05, 3.63) is 134 Å². The third-order valence-electron chi connectivity index (χ3n) is 7.38. The van der Waals surface area contributed by atoms with E-state index in [1.165, 1.54) is 22.4 Å². The number of ether oxygens (including phenoxy) is 1. The highest BCUT2D eigenvalue weighted by molar-refractivity contribution is 7.89. The molecule has 0 atom stereocenters. The highest BCUT2D eigenvalue weighted by atomic mass is 35.5. The van der Waals surface area contributed by atoms with E-state index >= 15 is 0 Å². The number of benzene rings is 3. The minimum Gasteiger partial charge on any atom is -0.465 e. The van der Waals surface area contributed by atoms with Gasteiger partial charge in [0.05, 0.1) is 39.7 Å². The number of methoxy groups -OCH3 is 1. The van der Waals surface area contributed by atoms with Crippen molar-refractivity contribution in [3.8, 4) is 0 Å². The van der Waals surface area contributed by atoms with Gasteiger partial charge in [0.2, 0.25) is 10.0 Å². The quantitative estimate of drug-likeness (QED) is 0.136. The summed E-state index contributed by atoms with van der Waals surface area (Å²) >= 11 is 12.3. The molecule has 0 aliphatic carbocycles. The second-order valence-corrected chi connectivity index (χ2v) is 13.4. The van der Waals surface area contributed by atoms with Crippen LogP contribution in [0.3, 0.4) is 0 Å². The molecule has 0 saturated carbocycles. The van der Waals surface area contributed by atoms with E-state index < -0.39 is 21.9 Å². The number of aryl methyl sites for hydroxylation is 2. The topological polar surface area (TPSA) is 97.1 Å². The molecule has 11 heteroatoms. The first-order valence-electron chi connectivity index (χ1n) is 13.9. The highest BCUT2D eigenvalue weighted by Gasteiger charge is 2.38. The summed E-state index contributed by atoms with van der Waals surface area (Å²) in [5.41, 5.74) is 3.82. The van der Waals surface area contributed by atoms with Gasteiger partial charge < -0.3 is 9.15 Å². The largest absolute Gasteiger partial charge is 0.465 e. The second-order valence-electron chi connectivity index (χ2n) is 10.6. The molecule has 5 rings (SSSR count). The Bertz CT molecular complexity index is 1940. The average molecular weight is 666 g/mol. The zero-order chi connectivity index (χ0) is 32.5. The molecule has 3 aromatic carbocycles. The summed E-state index contributed by atoms with van der Waals surface area (Å²) in [4.78, 5) is 28.0. The third-order valence-corrected chi connectivity index (χ3v) is 9.93. The molecule has 0 spiro atoms. The first-order chi connectivity index (χ1) is 21.4. The average Bonchev–Trinajstić information content (AvgIpc) is 3.55. The Morgan fingerprint density at radius 1 is 0.889 bits per heavy atom. The molecule has 2 heterocycles. The van der Waals surface area contributed by atoms with E-state index in [-0.39, 0.29) is 34.9 Å². The first-order valence-corrected chi connectivity index (χ1v) is 16.1. The van der Waals surface area contributed by atoms with Crippen LogP contribution in [0.4, 0.5) is 5.69 Å². The Balaban J connectivity index is 1.49. The molecule has 4 aromatic rings. The van der Waals surface area contributed by atoms with Crippen LogP contribution in [0.25, 0.3) is 6.08 Å². The fourth-order valence-corrected chi connectivity index (χ4v) is 6.70. The van der Waals surface area contributed by atoms with Gasteiger partial charge in [-0.15, -0.1) is 0 Å². The third kappa shape index (κ3) is 6.77. The van der Waals surface area contributed by atoms with E-state index in [2.05, 4.69) is 0 Å². The molecule has 0 N–H and O–H groups in total. The van der Waals surface area contributed by atoms with Crippen LogP contribution in [-0.2, 0) is 37.4 Å². The number of furan rings is 1. The van der Waals surface area contributed by atoms with Crippen molar-refractivity contribution in [2.45, 2.75) is 38.8 Å². The number of anilines is 1. The maximum atomic E-state index is 13.8. The molecule has 0 radical (unpaired) electrons. The predicted molar refractivity (Wildman–Crippen MR) is 174 cm³/mol. The van der Waals surface area contributed by atoms with Crippen LogP contribution in [0, 0.1) is 13.8 Å². The summed E-state index contributed by atoms with van der Waals surface area (Å²) in [5.74, 6) is -0.502. The molecule has 8 nitrogen and oxygen atoms in total. The Morgan fingerprint density at radius 2 is 1.53 bits per heavy atom. The normalized spacial score (nSPS) is 14.6. The Kier molecular flexibility index (Phi) is 9.36. The van der Waals surface area contributed by atoms with E-state index in [4.69, 9.17) is 32.4 Å². The van der Waals surface area contributed by atoms with Crippen LogP contribution in [0.2, 0.25) is 10.0 Å². The summed E-state index contributed by atoms with van der Waals surface area (Å²) < 4.78 is 39.9. The van der Waals surface area contributed by atoms with Crippen molar-refractivity contribution in [3.63, 3.8) is 0 Å². The van der Waals surface area contributed by atoms with Gasteiger partial charge in [-0.2, -0.15) is 4.31 Å². The second kappa shape index (κ2) is 13.1. The zero-order valence-electron chi connectivity index (χ0n) is 25.0. The smallest absolute Gasteiger partial charge is 0.340 e. The van der Waals surface area contributed by atoms with Crippen molar-refractivity contribution in [2.75, 3.05) is 12.0 Å². The maximum absolute atomic E-state index is 13.8. The van der Waals surface area contributed by atoms with Crippen molar-refractivity contribution < 1.29 is 27.2 Å². The van der Waals surface area contributed by atoms with Gasteiger partial charge in [0, 0.05) is 17.9 Å². The van der Waals surface area contributed by atoms with E-state index in [0.717, 1.165) is 11.1 Å². The van der Waals surface area contributed by atoms with E-state index in [1.54, 1.807) is 73.7 Å². The summed E-state index contributed by atoms with van der Waals surface area (Å²) in [7, 11) is -2.73. The van der Waals surface area contributed by atoms with Crippen LogP contribution in [0.15, 0.2) is 105 Å². The Hall–Kier alpha value is -4.15. The standard InChI is InChI=1S/C34H30Cl2N2O6S/c1-21-5-10-25(11-6-21)38-23(3)32(34(40)43-4)29(33(38)39)18-26-12-13-27(44-26)20-37(19-24-9-16-30(35)31(36)17-24)45(41,42)28-14-7-22(2)8-15-28/h5-18H,19-20H2,1-4H3/b29-18+. The van der Waals surface area contributed by atoms with Gasteiger partial charge in [0.1, 0.15) is 11.5 Å². The molecule has 45 heavy (non-hydrogen) atoms. The zero-order valence-corrected chi connectivity index (χ0v) is 27.3. The lowest BCUT2D eigenvalue weighted by Gasteiger charge is -2.22. The van der Waals surface area contributed by atoms with Crippen LogP contribution in [-0.4, -0.2) is 31.7 Å². The molecule has 0 fully saturated rings. The molecular formula is C34H30Cl2N2O6S. The van der Waals surface area contributed by atoms with E-state index in [9.17, 15) is 18.0 Å². The van der Waals surface area contributed by atoms with Gasteiger partial charge in [0.15, 0.2) is 0 Å². The van der Waals surface area contributed by atoms with Gasteiger partial charge in [-0.25, -0.2) is 13.2 Å². The molecule has 1 aromatic heterocycles. The molecular weight excluding hydrogens is 635 g/mol. The molecule has 232 valence electrons. The number of amides is 1. The monoisotopic (exact) mass is 664 g/mol. The maximum Gasteiger partial charge on any atom is 0.340 e. The fraction of sp³-hybridized carbons (Fsp3) is 0.176. The minimum atomic E-state index is -3.98. The van der Waals surface area contributed by atoms with Crippen LogP contribution in [0.5, 0.6) is 0 Å². The minimum absolute atomic E-state index is 0.0113. The molecule has 1 amide bonds. The number of nitrogens with zero attached hydrogens (tertiary/aromatic N) is 2. The lowest BCUT2D eigenvalue weighted by molar-refractivity contribution is -0.136. The SMILES string of the molecule is COC(=O)C1=C(C)N(c2ccc(C)cc2)C(=O)/C1=C/c1ccc(CN(Cc2ccc(Cl)c(Cl)c2)S(=O)(=O)c2ccc(C)cc2)o1. The summed E-state index contributed by atoms with van der Waals surface area (Å²) in [6.07, 6.45) is 1.47. The van der Waals surface area contributed by atoms with Crippen LogP contribution < -0.4 is 4.90 Å². The number of sulfonamides is 1. The van der Waals surface area contributed by atoms with Crippen molar-refractivity contribution in [1.82, 2.24) is 4.31 Å². The van der Waals surface area contributed by atoms with Crippen molar-refractivity contribution in [1.29, 1.82) is 0 Å².